The first-order valence-electron chi connectivity index (χ1n) is 4.92. The van der Waals surface area contributed by atoms with Gasteiger partial charge < -0.3 is 4.90 Å². The van der Waals surface area contributed by atoms with Crippen molar-refractivity contribution in [2.45, 2.75) is 25.8 Å². The Bertz CT molecular complexity index is 299. The topological polar surface area (TPSA) is 29.0 Å². The van der Waals surface area contributed by atoms with E-state index in [9.17, 15) is 0 Å². The number of nitrogens with zero attached hydrogens (tertiary/aromatic N) is 3. The second-order valence-corrected chi connectivity index (χ2v) is 4.01. The molecule has 4 heteroatoms. The molecule has 0 amide bonds. The van der Waals surface area contributed by atoms with Gasteiger partial charge in [-0.15, -0.1) is 11.6 Å². The van der Waals surface area contributed by atoms with Crippen molar-refractivity contribution in [1.29, 1.82) is 0 Å². The lowest BCUT2D eigenvalue weighted by Crippen LogP contribution is -2.31. The highest BCUT2D eigenvalue weighted by atomic mass is 35.5. The molecule has 0 spiro atoms. The number of rotatable bonds is 2. The molecule has 0 bridgehead atoms. The predicted octanol–water partition coefficient (Wildman–Crippen LogP) is 1.99. The van der Waals surface area contributed by atoms with Crippen LogP contribution in [0.25, 0.3) is 0 Å². The molecular weight excluding hydrogens is 198 g/mol. The molecule has 0 aromatic carbocycles. The zero-order valence-electron chi connectivity index (χ0n) is 8.28. The highest BCUT2D eigenvalue weighted by Gasteiger charge is 2.25. The van der Waals surface area contributed by atoms with Crippen LogP contribution < -0.4 is 4.90 Å². The first-order valence-corrected chi connectivity index (χ1v) is 5.46. The Labute approximate surface area is 89.1 Å². The smallest absolute Gasteiger partial charge is 0.225 e. The largest absolute Gasteiger partial charge is 0.337 e. The number of anilines is 1. The van der Waals surface area contributed by atoms with Crippen LogP contribution in [-0.2, 0) is 0 Å². The van der Waals surface area contributed by atoms with Crippen LogP contribution in [0.1, 0.15) is 18.4 Å². The number of hydrogen-bond acceptors (Lipinski definition) is 3. The van der Waals surface area contributed by atoms with Crippen molar-refractivity contribution in [3.05, 3.63) is 18.0 Å². The molecule has 1 aliphatic rings. The summed E-state index contributed by atoms with van der Waals surface area (Å²) in [5.74, 6) is 1.48. The zero-order chi connectivity index (χ0) is 9.97. The van der Waals surface area contributed by atoms with Crippen molar-refractivity contribution in [2.75, 3.05) is 17.3 Å². The second-order valence-electron chi connectivity index (χ2n) is 3.70. The minimum Gasteiger partial charge on any atom is -0.337 e. The monoisotopic (exact) mass is 211 g/mol. The lowest BCUT2D eigenvalue weighted by Gasteiger charge is -2.22. The minimum atomic E-state index is 0.416. The van der Waals surface area contributed by atoms with Gasteiger partial charge in [-0.3, -0.25) is 0 Å². The Morgan fingerprint density at radius 2 is 2.21 bits per heavy atom. The number of halogens is 1. The molecular formula is C10H14ClN3. The zero-order valence-corrected chi connectivity index (χ0v) is 9.04. The van der Waals surface area contributed by atoms with Gasteiger partial charge in [-0.1, -0.05) is 0 Å². The van der Waals surface area contributed by atoms with E-state index in [1.807, 2.05) is 19.3 Å². The van der Waals surface area contributed by atoms with Gasteiger partial charge in [0.05, 0.1) is 0 Å². The minimum absolute atomic E-state index is 0.416. The van der Waals surface area contributed by atoms with E-state index in [1.165, 1.54) is 6.42 Å². The van der Waals surface area contributed by atoms with Gasteiger partial charge in [0.25, 0.3) is 0 Å². The van der Waals surface area contributed by atoms with Crippen molar-refractivity contribution < 1.29 is 0 Å². The SMILES string of the molecule is Cc1cnc(N2CCCC2CCl)nc1. The molecule has 2 rings (SSSR count). The van der Waals surface area contributed by atoms with Gasteiger partial charge in [-0.25, -0.2) is 9.97 Å². The molecule has 0 saturated carbocycles. The van der Waals surface area contributed by atoms with E-state index < -0.39 is 0 Å². The lowest BCUT2D eigenvalue weighted by molar-refractivity contribution is 0.722. The molecule has 1 saturated heterocycles. The van der Waals surface area contributed by atoms with Crippen LogP contribution in [0.2, 0.25) is 0 Å². The summed E-state index contributed by atoms with van der Waals surface area (Å²) in [4.78, 5) is 10.8. The van der Waals surface area contributed by atoms with Gasteiger partial charge >= 0.3 is 0 Å². The highest BCUT2D eigenvalue weighted by Crippen LogP contribution is 2.22. The normalized spacial score (nSPS) is 21.6. The maximum atomic E-state index is 5.89. The molecule has 1 atom stereocenters. The molecule has 1 aliphatic heterocycles. The van der Waals surface area contributed by atoms with Crippen molar-refractivity contribution in [3.8, 4) is 0 Å². The van der Waals surface area contributed by atoms with Gasteiger partial charge in [0.15, 0.2) is 0 Å². The summed E-state index contributed by atoms with van der Waals surface area (Å²) in [6.45, 7) is 3.02. The van der Waals surface area contributed by atoms with Crippen molar-refractivity contribution >= 4 is 17.5 Å². The van der Waals surface area contributed by atoms with Crippen LogP contribution in [0.15, 0.2) is 12.4 Å². The van der Waals surface area contributed by atoms with E-state index in [2.05, 4.69) is 14.9 Å². The summed E-state index contributed by atoms with van der Waals surface area (Å²) in [7, 11) is 0. The molecule has 2 heterocycles. The van der Waals surface area contributed by atoms with Crippen LogP contribution in [0.4, 0.5) is 5.95 Å². The van der Waals surface area contributed by atoms with Crippen LogP contribution in [-0.4, -0.2) is 28.4 Å². The van der Waals surface area contributed by atoms with E-state index in [-0.39, 0.29) is 0 Å². The lowest BCUT2D eigenvalue weighted by atomic mass is 10.2. The van der Waals surface area contributed by atoms with Crippen LogP contribution >= 0.6 is 11.6 Å². The molecule has 1 fully saturated rings. The predicted molar refractivity (Wildman–Crippen MR) is 57.9 cm³/mol. The van der Waals surface area contributed by atoms with Crippen molar-refractivity contribution in [1.82, 2.24) is 9.97 Å². The number of aromatic nitrogens is 2. The molecule has 3 nitrogen and oxygen atoms in total. The number of hydrogen-bond donors (Lipinski definition) is 0. The van der Waals surface area contributed by atoms with E-state index >= 15 is 0 Å². The van der Waals surface area contributed by atoms with Gasteiger partial charge in [0, 0.05) is 30.9 Å². The summed E-state index contributed by atoms with van der Waals surface area (Å²) in [5.41, 5.74) is 1.09. The van der Waals surface area contributed by atoms with E-state index in [0.717, 1.165) is 24.5 Å². The number of alkyl halides is 1. The molecule has 14 heavy (non-hydrogen) atoms. The number of aryl methyl sites for hydroxylation is 1. The average Bonchev–Trinajstić information content (AvgIpc) is 2.67. The Morgan fingerprint density at radius 3 is 2.86 bits per heavy atom. The van der Waals surface area contributed by atoms with Crippen molar-refractivity contribution in [2.24, 2.45) is 0 Å². The standard InChI is InChI=1S/C10H14ClN3/c1-8-6-12-10(13-7-8)14-4-2-3-9(14)5-11/h6-7,9H,2-5H2,1H3. The fourth-order valence-electron chi connectivity index (χ4n) is 1.79. The Balaban J connectivity index is 2.17. The van der Waals surface area contributed by atoms with Crippen LogP contribution in [0, 0.1) is 6.92 Å². The van der Waals surface area contributed by atoms with E-state index in [1.54, 1.807) is 0 Å². The Hall–Kier alpha value is -0.830. The molecule has 0 aliphatic carbocycles. The summed E-state index contributed by atoms with van der Waals surface area (Å²) in [5, 5.41) is 0. The van der Waals surface area contributed by atoms with Gasteiger partial charge in [0.1, 0.15) is 0 Å². The van der Waals surface area contributed by atoms with Crippen molar-refractivity contribution in [3.63, 3.8) is 0 Å². The molecule has 76 valence electrons. The molecule has 0 radical (unpaired) electrons. The summed E-state index contributed by atoms with van der Waals surface area (Å²) in [6.07, 6.45) is 6.05. The first-order chi connectivity index (χ1) is 6.81. The Morgan fingerprint density at radius 1 is 1.50 bits per heavy atom. The van der Waals surface area contributed by atoms with E-state index in [0.29, 0.717) is 11.9 Å². The van der Waals surface area contributed by atoms with Gasteiger partial charge in [0.2, 0.25) is 5.95 Å². The van der Waals surface area contributed by atoms with Crippen LogP contribution in [0.3, 0.4) is 0 Å². The first kappa shape index (κ1) is 9.71. The third-order valence-electron chi connectivity index (χ3n) is 2.58. The molecule has 1 aromatic rings. The maximum Gasteiger partial charge on any atom is 0.225 e. The quantitative estimate of drug-likeness (QED) is 0.701. The fraction of sp³-hybridized carbons (Fsp3) is 0.600. The van der Waals surface area contributed by atoms with Gasteiger partial charge in [-0.05, 0) is 25.3 Å². The maximum absolute atomic E-state index is 5.89. The van der Waals surface area contributed by atoms with Gasteiger partial charge in [-0.2, -0.15) is 0 Å². The van der Waals surface area contributed by atoms with Crippen LogP contribution in [0.5, 0.6) is 0 Å². The molecule has 1 aromatic heterocycles. The van der Waals surface area contributed by atoms with E-state index in [4.69, 9.17) is 11.6 Å². The second kappa shape index (κ2) is 4.13. The summed E-state index contributed by atoms with van der Waals surface area (Å²) in [6, 6.07) is 0.416. The Kier molecular flexibility index (Phi) is 2.87. The summed E-state index contributed by atoms with van der Waals surface area (Å²) >= 11 is 5.89. The highest BCUT2D eigenvalue weighted by molar-refractivity contribution is 6.18. The summed E-state index contributed by atoms with van der Waals surface area (Å²) < 4.78 is 0. The molecule has 0 N–H and O–H groups in total. The third kappa shape index (κ3) is 1.82. The third-order valence-corrected chi connectivity index (χ3v) is 2.94. The fourth-order valence-corrected chi connectivity index (χ4v) is 2.11. The molecule has 1 unspecified atom stereocenters. The average molecular weight is 212 g/mol.